The Balaban J connectivity index is 1.59. The van der Waals surface area contributed by atoms with Crippen LogP contribution in [0.3, 0.4) is 0 Å². The lowest BCUT2D eigenvalue weighted by molar-refractivity contribution is -0.136. The summed E-state index contributed by atoms with van der Waals surface area (Å²) < 4.78 is 0. The first-order valence-corrected chi connectivity index (χ1v) is 8.31. The molecule has 110 valence electrons. The van der Waals surface area contributed by atoms with E-state index in [1.807, 2.05) is 0 Å². The van der Waals surface area contributed by atoms with Crippen molar-refractivity contribution in [3.8, 4) is 0 Å². The van der Waals surface area contributed by atoms with E-state index < -0.39 is 5.97 Å². The topological polar surface area (TPSA) is 79.3 Å². The van der Waals surface area contributed by atoms with Crippen LogP contribution in [0.15, 0.2) is 16.8 Å². The van der Waals surface area contributed by atoms with Crippen LogP contribution in [0.4, 0.5) is 5.13 Å². The molecule has 3 rings (SSSR count). The van der Waals surface area contributed by atoms with Crippen molar-refractivity contribution in [3.05, 3.63) is 33.0 Å². The predicted molar refractivity (Wildman–Crippen MR) is 82.0 cm³/mol. The third-order valence-corrected chi connectivity index (χ3v) is 5.44. The monoisotopic (exact) mass is 322 g/mol. The van der Waals surface area contributed by atoms with Gasteiger partial charge < -0.3 is 10.4 Å². The van der Waals surface area contributed by atoms with Crippen LogP contribution < -0.4 is 5.32 Å². The zero-order valence-corrected chi connectivity index (χ0v) is 13.0. The van der Waals surface area contributed by atoms with Crippen molar-refractivity contribution >= 4 is 39.7 Å². The molecule has 0 aromatic carbocycles. The van der Waals surface area contributed by atoms with Crippen LogP contribution in [0.2, 0.25) is 0 Å². The van der Waals surface area contributed by atoms with Crippen LogP contribution in [0.25, 0.3) is 0 Å². The van der Waals surface area contributed by atoms with Crippen LogP contribution in [0.1, 0.15) is 28.5 Å². The number of amides is 1. The first-order chi connectivity index (χ1) is 10.0. The highest BCUT2D eigenvalue weighted by Crippen LogP contribution is 2.50. The second-order valence-electron chi connectivity index (χ2n) is 5.12. The Kier molecular flexibility index (Phi) is 3.77. The van der Waals surface area contributed by atoms with Gasteiger partial charge in [0, 0.05) is 22.1 Å². The summed E-state index contributed by atoms with van der Waals surface area (Å²) in [5.41, 5.74) is 1.72. The maximum absolute atomic E-state index is 12.2. The number of thiophene rings is 1. The SMILES string of the molecule is Cc1ccsc1C1CC1C(=O)Nc1nc(CC(=O)O)cs1. The van der Waals surface area contributed by atoms with Gasteiger partial charge in [-0.1, -0.05) is 0 Å². The van der Waals surface area contributed by atoms with Gasteiger partial charge in [-0.05, 0) is 30.4 Å². The lowest BCUT2D eigenvalue weighted by atomic mass is 10.2. The highest BCUT2D eigenvalue weighted by Gasteiger charge is 2.45. The molecule has 1 aliphatic rings. The number of carbonyl (C=O) groups is 2. The lowest BCUT2D eigenvalue weighted by Gasteiger charge is -2.01. The average molecular weight is 322 g/mol. The first kappa shape index (κ1) is 14.2. The summed E-state index contributed by atoms with van der Waals surface area (Å²) >= 11 is 2.96. The van der Waals surface area contributed by atoms with Gasteiger partial charge in [-0.15, -0.1) is 22.7 Å². The Morgan fingerprint density at radius 2 is 2.29 bits per heavy atom. The quantitative estimate of drug-likeness (QED) is 0.887. The zero-order chi connectivity index (χ0) is 15.0. The first-order valence-electron chi connectivity index (χ1n) is 6.55. The smallest absolute Gasteiger partial charge is 0.309 e. The maximum atomic E-state index is 12.2. The molecule has 2 unspecified atom stereocenters. The van der Waals surface area contributed by atoms with Crippen LogP contribution >= 0.6 is 22.7 Å². The zero-order valence-electron chi connectivity index (χ0n) is 11.3. The summed E-state index contributed by atoms with van der Waals surface area (Å²) in [5, 5.41) is 15.7. The van der Waals surface area contributed by atoms with E-state index in [-0.39, 0.29) is 18.2 Å². The number of aliphatic carboxylic acids is 1. The van der Waals surface area contributed by atoms with Gasteiger partial charge in [0.2, 0.25) is 5.91 Å². The van der Waals surface area contributed by atoms with Gasteiger partial charge in [0.25, 0.3) is 0 Å². The fourth-order valence-electron chi connectivity index (χ4n) is 2.34. The minimum absolute atomic E-state index is 0.00849. The van der Waals surface area contributed by atoms with Crippen molar-refractivity contribution in [3.63, 3.8) is 0 Å². The van der Waals surface area contributed by atoms with Crippen molar-refractivity contribution in [2.45, 2.75) is 25.7 Å². The van der Waals surface area contributed by atoms with Gasteiger partial charge >= 0.3 is 5.97 Å². The number of thiazole rings is 1. The molecule has 2 heterocycles. The lowest BCUT2D eigenvalue weighted by Crippen LogP contribution is -2.14. The summed E-state index contributed by atoms with van der Waals surface area (Å²) in [4.78, 5) is 28.2. The third-order valence-electron chi connectivity index (χ3n) is 3.48. The number of carboxylic acids is 1. The second-order valence-corrected chi connectivity index (χ2v) is 6.93. The number of aromatic nitrogens is 1. The van der Waals surface area contributed by atoms with E-state index in [0.29, 0.717) is 16.7 Å². The molecule has 2 atom stereocenters. The van der Waals surface area contributed by atoms with Crippen molar-refractivity contribution in [2.24, 2.45) is 5.92 Å². The molecule has 7 heteroatoms. The molecule has 0 spiro atoms. The van der Waals surface area contributed by atoms with Gasteiger partial charge in [-0.3, -0.25) is 9.59 Å². The second kappa shape index (κ2) is 5.57. The molecule has 0 bridgehead atoms. The van der Waals surface area contributed by atoms with Crippen LogP contribution in [-0.2, 0) is 16.0 Å². The maximum Gasteiger partial charge on any atom is 0.309 e. The summed E-state index contributed by atoms with van der Waals surface area (Å²) in [6.45, 7) is 2.07. The highest BCUT2D eigenvalue weighted by molar-refractivity contribution is 7.14. The van der Waals surface area contributed by atoms with Crippen molar-refractivity contribution in [1.29, 1.82) is 0 Å². The molecule has 2 N–H and O–H groups in total. The number of nitrogens with zero attached hydrogens (tertiary/aromatic N) is 1. The number of carboxylic acid groups (broad SMARTS) is 1. The Morgan fingerprint density at radius 3 is 2.95 bits per heavy atom. The van der Waals surface area contributed by atoms with Gasteiger partial charge in [0.1, 0.15) is 0 Å². The summed E-state index contributed by atoms with van der Waals surface area (Å²) in [5.74, 6) is -0.616. The molecule has 5 nitrogen and oxygen atoms in total. The standard InChI is InChI=1S/C14H14N2O3S2/c1-7-2-3-20-12(7)9-5-10(9)13(19)16-14-15-8(6-21-14)4-11(17)18/h2-3,6,9-10H,4-5H2,1H3,(H,17,18)(H,15,16,19). The van der Waals surface area contributed by atoms with Gasteiger partial charge in [0.05, 0.1) is 12.1 Å². The highest BCUT2D eigenvalue weighted by atomic mass is 32.1. The van der Waals surface area contributed by atoms with Gasteiger partial charge in [0.15, 0.2) is 5.13 Å². The van der Waals surface area contributed by atoms with Gasteiger partial charge in [-0.25, -0.2) is 4.98 Å². The van der Waals surface area contributed by atoms with E-state index in [1.54, 1.807) is 16.7 Å². The molecule has 0 aliphatic heterocycles. The minimum atomic E-state index is -0.923. The van der Waals surface area contributed by atoms with Crippen molar-refractivity contribution < 1.29 is 14.7 Å². The van der Waals surface area contributed by atoms with Crippen LogP contribution in [0.5, 0.6) is 0 Å². The average Bonchev–Trinajstić information content (AvgIpc) is 2.91. The predicted octanol–water partition coefficient (Wildman–Crippen LogP) is 2.88. The van der Waals surface area contributed by atoms with E-state index >= 15 is 0 Å². The Labute approximate surface area is 129 Å². The molecule has 2 aromatic rings. The molecule has 1 fully saturated rings. The number of rotatable bonds is 5. The fraction of sp³-hybridized carbons (Fsp3) is 0.357. The molecule has 1 amide bonds. The molecular formula is C14H14N2O3S2. The summed E-state index contributed by atoms with van der Waals surface area (Å²) in [7, 11) is 0. The van der Waals surface area contributed by atoms with E-state index in [1.165, 1.54) is 21.8 Å². The number of aryl methyl sites for hydroxylation is 1. The summed E-state index contributed by atoms with van der Waals surface area (Å²) in [6, 6.07) is 2.08. The third kappa shape index (κ3) is 3.14. The largest absolute Gasteiger partial charge is 0.481 e. The number of hydrogen-bond acceptors (Lipinski definition) is 5. The van der Waals surface area contributed by atoms with Gasteiger partial charge in [-0.2, -0.15) is 0 Å². The molecule has 21 heavy (non-hydrogen) atoms. The molecule has 2 aromatic heterocycles. The normalized spacial score (nSPS) is 20.2. The van der Waals surface area contributed by atoms with Crippen molar-refractivity contribution in [1.82, 2.24) is 4.98 Å². The molecule has 1 saturated carbocycles. The molecular weight excluding hydrogens is 308 g/mol. The van der Waals surface area contributed by atoms with E-state index in [0.717, 1.165) is 6.42 Å². The number of nitrogens with one attached hydrogen (secondary N) is 1. The number of anilines is 1. The minimum Gasteiger partial charge on any atom is -0.481 e. The number of hydrogen-bond donors (Lipinski definition) is 2. The Bertz CT molecular complexity index is 692. The van der Waals surface area contributed by atoms with Crippen LogP contribution in [-0.4, -0.2) is 22.0 Å². The Hall–Kier alpha value is -1.73. The van der Waals surface area contributed by atoms with E-state index in [4.69, 9.17) is 5.11 Å². The van der Waals surface area contributed by atoms with E-state index in [2.05, 4.69) is 28.7 Å². The molecule has 0 saturated heterocycles. The fourth-order valence-corrected chi connectivity index (χ4v) is 4.16. The molecule has 1 aliphatic carbocycles. The number of carbonyl (C=O) groups excluding carboxylic acids is 1. The molecule has 0 radical (unpaired) electrons. The summed E-state index contributed by atoms with van der Waals surface area (Å²) in [6.07, 6.45) is 0.757. The van der Waals surface area contributed by atoms with E-state index in [9.17, 15) is 9.59 Å². The van der Waals surface area contributed by atoms with Crippen LogP contribution in [0, 0.1) is 12.8 Å². The van der Waals surface area contributed by atoms with Crippen molar-refractivity contribution in [2.75, 3.05) is 5.32 Å². The Morgan fingerprint density at radius 1 is 1.48 bits per heavy atom.